The highest BCUT2D eigenvalue weighted by molar-refractivity contribution is 8.16. The topological polar surface area (TPSA) is 62.2 Å². The Labute approximate surface area is 231 Å². The Balaban J connectivity index is 1.40. The monoisotopic (exact) mass is 543 g/mol. The molecule has 6 nitrogen and oxygen atoms in total. The Hall–Kier alpha value is -3.62. The molecule has 3 aromatic rings. The van der Waals surface area contributed by atoms with Crippen LogP contribution in [0.2, 0.25) is 0 Å². The number of esters is 1. The van der Waals surface area contributed by atoms with Gasteiger partial charge in [-0.25, -0.2) is 9.79 Å². The Morgan fingerprint density at radius 3 is 2.39 bits per heavy atom. The molecule has 0 aliphatic carbocycles. The van der Waals surface area contributed by atoms with E-state index in [0.29, 0.717) is 24.4 Å². The van der Waals surface area contributed by atoms with Crippen molar-refractivity contribution in [3.8, 4) is 0 Å². The smallest absolute Gasteiger partial charge is 0.338 e. The summed E-state index contributed by atoms with van der Waals surface area (Å²) in [6, 6.07) is 21.9. The van der Waals surface area contributed by atoms with Gasteiger partial charge in [0.2, 0.25) is 5.91 Å². The third-order valence-corrected chi connectivity index (χ3v) is 8.27. The molecule has 0 saturated heterocycles. The second kappa shape index (κ2) is 11.8. The normalized spacial score (nSPS) is 16.6. The Morgan fingerprint density at radius 2 is 1.74 bits per heavy atom. The Kier molecular flexibility index (Phi) is 8.10. The van der Waals surface area contributed by atoms with E-state index in [4.69, 9.17) is 9.73 Å². The maximum Gasteiger partial charge on any atom is 0.338 e. The predicted molar refractivity (Wildman–Crippen MR) is 153 cm³/mol. The van der Waals surface area contributed by atoms with E-state index in [0.717, 1.165) is 28.4 Å². The molecule has 8 heteroatoms. The number of hydrogen-bond donors (Lipinski definition) is 0. The summed E-state index contributed by atoms with van der Waals surface area (Å²) >= 11 is 3.06. The number of carbonyl (C=O) groups is 2. The van der Waals surface area contributed by atoms with Crippen LogP contribution in [0.25, 0.3) is 0 Å². The molecule has 0 radical (unpaired) electrons. The van der Waals surface area contributed by atoms with E-state index >= 15 is 0 Å². The van der Waals surface area contributed by atoms with Crippen LogP contribution in [0.15, 0.2) is 105 Å². The van der Waals surface area contributed by atoms with Gasteiger partial charge in [0.15, 0.2) is 5.17 Å². The zero-order chi connectivity index (χ0) is 26.5. The second-order valence-corrected chi connectivity index (χ2v) is 10.8. The molecule has 1 amide bonds. The van der Waals surface area contributed by atoms with E-state index < -0.39 is 5.97 Å². The number of nitrogens with zero attached hydrogens (tertiary/aromatic N) is 3. The molecule has 0 spiro atoms. The van der Waals surface area contributed by atoms with Crippen molar-refractivity contribution in [1.29, 1.82) is 0 Å². The highest BCUT2D eigenvalue weighted by Gasteiger charge is 2.41. The van der Waals surface area contributed by atoms with Gasteiger partial charge in [0.25, 0.3) is 0 Å². The third kappa shape index (κ3) is 5.61. The van der Waals surface area contributed by atoms with Crippen LogP contribution >= 0.6 is 23.1 Å². The number of fused-ring (bicyclic) bond motifs is 1. The molecule has 1 aromatic heterocycles. The number of amidine groups is 1. The third-order valence-electron chi connectivity index (χ3n) is 6.68. The predicted octanol–water partition coefficient (Wildman–Crippen LogP) is 6.16. The van der Waals surface area contributed by atoms with Gasteiger partial charge in [-0.3, -0.25) is 4.79 Å². The molecular formula is C30H29N3O3S2. The number of methoxy groups -OCH3 is 1. The van der Waals surface area contributed by atoms with Gasteiger partial charge in [-0.05, 0) is 52.3 Å². The van der Waals surface area contributed by atoms with Crippen LogP contribution in [-0.2, 0) is 27.3 Å². The van der Waals surface area contributed by atoms with Crippen LogP contribution in [0.5, 0.6) is 0 Å². The molecule has 0 N–H and O–H groups in total. The maximum absolute atomic E-state index is 13.8. The van der Waals surface area contributed by atoms with Crippen molar-refractivity contribution in [2.24, 2.45) is 4.99 Å². The Bertz CT molecular complexity index is 1380. The van der Waals surface area contributed by atoms with Gasteiger partial charge >= 0.3 is 5.97 Å². The fraction of sp³-hybridized carbons (Fsp3) is 0.233. The standard InChI is InChI=1S/C30H29N3O3S2/c1-21-27(29(35)36-2)28(24-14-16-37-19-24)33-25(20-38-30(33)31-21)17-26(34)32(18-23-11-7-4-8-12-23)15-13-22-9-5-3-6-10-22/h3-12,14,16,19-20,28H,13,15,17-18H2,1-2H3. The van der Waals surface area contributed by atoms with Crippen LogP contribution < -0.4 is 0 Å². The minimum absolute atomic E-state index is 0.0350. The van der Waals surface area contributed by atoms with Crippen molar-refractivity contribution in [3.05, 3.63) is 117 Å². The van der Waals surface area contributed by atoms with Crippen molar-refractivity contribution in [3.63, 3.8) is 0 Å². The van der Waals surface area contributed by atoms with Crippen LogP contribution in [0.3, 0.4) is 0 Å². The number of thiophene rings is 1. The van der Waals surface area contributed by atoms with E-state index in [2.05, 4.69) is 12.1 Å². The number of amides is 1. The first kappa shape index (κ1) is 26.0. The van der Waals surface area contributed by atoms with Crippen LogP contribution in [0.4, 0.5) is 0 Å². The van der Waals surface area contributed by atoms with Gasteiger partial charge in [0.05, 0.1) is 30.8 Å². The van der Waals surface area contributed by atoms with Gasteiger partial charge < -0.3 is 14.5 Å². The van der Waals surface area contributed by atoms with Gasteiger partial charge in [0.1, 0.15) is 0 Å². The first-order valence-corrected chi connectivity index (χ1v) is 14.3. The van der Waals surface area contributed by atoms with Crippen LogP contribution in [-0.4, -0.2) is 40.5 Å². The van der Waals surface area contributed by atoms with E-state index in [1.54, 1.807) is 11.3 Å². The van der Waals surface area contributed by atoms with Gasteiger partial charge in [-0.1, -0.05) is 72.4 Å². The lowest BCUT2D eigenvalue weighted by molar-refractivity contribution is -0.136. The molecule has 194 valence electrons. The molecule has 0 saturated carbocycles. The van der Waals surface area contributed by atoms with E-state index in [1.807, 2.05) is 87.5 Å². The van der Waals surface area contributed by atoms with Crippen molar-refractivity contribution >= 4 is 40.1 Å². The maximum atomic E-state index is 13.8. The van der Waals surface area contributed by atoms with Crippen LogP contribution in [0.1, 0.15) is 36.1 Å². The molecule has 0 bridgehead atoms. The van der Waals surface area contributed by atoms with Crippen molar-refractivity contribution < 1.29 is 14.3 Å². The van der Waals surface area contributed by atoms with Gasteiger partial charge in [-0.15, -0.1) is 0 Å². The molecule has 3 heterocycles. The molecular weight excluding hydrogens is 514 g/mol. The summed E-state index contributed by atoms with van der Waals surface area (Å²) < 4.78 is 5.14. The second-order valence-electron chi connectivity index (χ2n) is 9.15. The first-order valence-electron chi connectivity index (χ1n) is 12.5. The zero-order valence-corrected chi connectivity index (χ0v) is 23.0. The number of allylic oxidation sites excluding steroid dienone is 1. The summed E-state index contributed by atoms with van der Waals surface area (Å²) in [7, 11) is 1.39. The average Bonchev–Trinajstić information content (AvgIpc) is 3.61. The number of benzene rings is 2. The summed E-state index contributed by atoms with van der Waals surface area (Å²) in [5, 5.41) is 6.79. The molecule has 2 aliphatic rings. The number of carbonyl (C=O) groups excluding carboxylic acids is 2. The molecule has 1 unspecified atom stereocenters. The van der Waals surface area contributed by atoms with Gasteiger partial charge in [-0.2, -0.15) is 11.3 Å². The van der Waals surface area contributed by atoms with Crippen LogP contribution in [0, 0.1) is 0 Å². The molecule has 5 rings (SSSR count). The van der Waals surface area contributed by atoms with Crippen molar-refractivity contribution in [1.82, 2.24) is 9.80 Å². The minimum Gasteiger partial charge on any atom is -0.466 e. The Morgan fingerprint density at radius 1 is 1.03 bits per heavy atom. The van der Waals surface area contributed by atoms with E-state index in [1.165, 1.54) is 24.4 Å². The molecule has 2 aliphatic heterocycles. The molecule has 2 aromatic carbocycles. The summed E-state index contributed by atoms with van der Waals surface area (Å²) in [6.07, 6.45) is 0.983. The zero-order valence-electron chi connectivity index (χ0n) is 21.4. The van der Waals surface area contributed by atoms with Gasteiger partial charge in [0, 0.05) is 18.8 Å². The number of aliphatic imine (C=N–C) groups is 1. The van der Waals surface area contributed by atoms with Crippen molar-refractivity contribution in [2.75, 3.05) is 13.7 Å². The number of thioether (sulfide) groups is 1. The lowest BCUT2D eigenvalue weighted by Gasteiger charge is -2.36. The fourth-order valence-electron chi connectivity index (χ4n) is 4.76. The van der Waals surface area contributed by atoms with Crippen molar-refractivity contribution in [2.45, 2.75) is 32.4 Å². The lowest BCUT2D eigenvalue weighted by Crippen LogP contribution is -2.39. The number of ether oxygens (including phenoxy) is 1. The average molecular weight is 544 g/mol. The largest absolute Gasteiger partial charge is 0.466 e. The highest BCUT2D eigenvalue weighted by atomic mass is 32.2. The summed E-state index contributed by atoms with van der Waals surface area (Å²) in [4.78, 5) is 35.4. The SMILES string of the molecule is COC(=O)C1=C(C)N=C2SC=C(CC(=O)N(CCc3ccccc3)Cc3ccccc3)N2C1c1ccsc1. The molecule has 0 fully saturated rings. The molecule has 1 atom stereocenters. The number of hydrogen-bond acceptors (Lipinski definition) is 7. The van der Waals surface area contributed by atoms with E-state index in [-0.39, 0.29) is 18.4 Å². The highest BCUT2D eigenvalue weighted by Crippen LogP contribution is 2.45. The summed E-state index contributed by atoms with van der Waals surface area (Å²) in [5.74, 6) is -0.370. The summed E-state index contributed by atoms with van der Waals surface area (Å²) in [6.45, 7) is 2.98. The first-order chi connectivity index (χ1) is 18.5. The van der Waals surface area contributed by atoms with E-state index in [9.17, 15) is 9.59 Å². The minimum atomic E-state index is -0.405. The number of rotatable bonds is 9. The summed E-state index contributed by atoms with van der Waals surface area (Å²) in [5.41, 5.74) is 5.24. The lowest BCUT2D eigenvalue weighted by atomic mass is 9.96. The quantitative estimate of drug-likeness (QED) is 0.303. The molecule has 38 heavy (non-hydrogen) atoms. The fourth-order valence-corrected chi connectivity index (χ4v) is 6.40.